The quantitative estimate of drug-likeness (QED) is 0.354. The molecule has 3 rings (SSSR count). The molecule has 2 aromatic rings. The molecule has 2 aromatic carbocycles. The minimum absolute atomic E-state index is 0.0196. The first-order valence-corrected chi connectivity index (χ1v) is 11.2. The molecule has 0 saturated carbocycles. The van der Waals surface area contributed by atoms with E-state index in [0.29, 0.717) is 36.8 Å². The second-order valence-corrected chi connectivity index (χ2v) is 8.49. The van der Waals surface area contributed by atoms with Crippen LogP contribution >= 0.6 is 0 Å². The summed E-state index contributed by atoms with van der Waals surface area (Å²) in [7, 11) is 3.81. The lowest BCUT2D eigenvalue weighted by Gasteiger charge is -2.26. The number of likely N-dealkylation sites (tertiary alicyclic amines) is 1. The third-order valence-electron chi connectivity index (χ3n) is 5.33. The molecular weight excluding hydrogens is 420 g/mol. The number of hydrogen-bond acceptors (Lipinski definition) is 6. The standard InChI is InChI=1S/C26H32N2O5/c1-6-32-20-11-7-18(8-12-20)23-22(25(30)26(31)28(23)16-15-27(4)5)24(29)19-9-13-21(14-10-19)33-17(2)3/h7-14,17,23,29H,6,15-16H2,1-5H3/t23-/m0/s1. The van der Waals surface area contributed by atoms with Crippen LogP contribution in [0.5, 0.6) is 11.5 Å². The van der Waals surface area contributed by atoms with Gasteiger partial charge in [-0.1, -0.05) is 12.1 Å². The molecule has 1 aliphatic heterocycles. The van der Waals surface area contributed by atoms with Gasteiger partial charge in [-0.15, -0.1) is 0 Å². The zero-order chi connectivity index (χ0) is 24.1. The first kappa shape index (κ1) is 24.3. The summed E-state index contributed by atoms with van der Waals surface area (Å²) in [6.07, 6.45) is 0.0196. The number of aliphatic hydroxyl groups excluding tert-OH is 1. The Hall–Kier alpha value is -3.32. The van der Waals surface area contributed by atoms with E-state index in [1.54, 1.807) is 24.3 Å². The van der Waals surface area contributed by atoms with E-state index in [0.717, 1.165) is 5.56 Å². The molecule has 0 bridgehead atoms. The largest absolute Gasteiger partial charge is 0.507 e. The maximum Gasteiger partial charge on any atom is 0.295 e. The van der Waals surface area contributed by atoms with Crippen LogP contribution in [0.3, 0.4) is 0 Å². The number of likely N-dealkylation sites (N-methyl/N-ethyl adjacent to an activating group) is 1. The molecule has 1 amide bonds. The van der Waals surface area contributed by atoms with Gasteiger partial charge in [0.2, 0.25) is 0 Å². The molecule has 0 aromatic heterocycles. The van der Waals surface area contributed by atoms with Gasteiger partial charge in [0.05, 0.1) is 24.3 Å². The molecule has 1 atom stereocenters. The molecular formula is C26H32N2O5. The van der Waals surface area contributed by atoms with Crippen LogP contribution in [-0.4, -0.2) is 66.5 Å². The van der Waals surface area contributed by atoms with E-state index in [4.69, 9.17) is 9.47 Å². The van der Waals surface area contributed by atoms with Crippen molar-refractivity contribution in [2.24, 2.45) is 0 Å². The summed E-state index contributed by atoms with van der Waals surface area (Å²) in [5, 5.41) is 11.2. The number of ketones is 1. The Bertz CT molecular complexity index is 1010. The van der Waals surface area contributed by atoms with Crippen LogP contribution in [0.2, 0.25) is 0 Å². The van der Waals surface area contributed by atoms with E-state index in [1.165, 1.54) is 4.90 Å². The average Bonchev–Trinajstić information content (AvgIpc) is 3.03. The van der Waals surface area contributed by atoms with Gasteiger partial charge in [0, 0.05) is 18.7 Å². The summed E-state index contributed by atoms with van der Waals surface area (Å²) in [5.74, 6) is -0.135. The van der Waals surface area contributed by atoms with Gasteiger partial charge in [-0.25, -0.2) is 0 Å². The van der Waals surface area contributed by atoms with Crippen LogP contribution in [0.25, 0.3) is 5.76 Å². The second kappa shape index (κ2) is 10.5. The van der Waals surface area contributed by atoms with Crippen LogP contribution < -0.4 is 9.47 Å². The van der Waals surface area contributed by atoms with Crippen LogP contribution in [-0.2, 0) is 9.59 Å². The highest BCUT2D eigenvalue weighted by Crippen LogP contribution is 2.39. The number of carbonyl (C=O) groups excluding carboxylic acids is 2. The molecule has 33 heavy (non-hydrogen) atoms. The van der Waals surface area contributed by atoms with Crippen molar-refractivity contribution < 1.29 is 24.2 Å². The number of nitrogens with zero attached hydrogens (tertiary/aromatic N) is 2. The van der Waals surface area contributed by atoms with E-state index >= 15 is 0 Å². The van der Waals surface area contributed by atoms with Crippen molar-refractivity contribution in [2.75, 3.05) is 33.8 Å². The fourth-order valence-corrected chi connectivity index (χ4v) is 3.80. The Labute approximate surface area is 195 Å². The number of Topliss-reactive ketones (excluding diaryl/α,β-unsaturated/α-hetero) is 1. The van der Waals surface area contributed by atoms with Gasteiger partial charge in [0.15, 0.2) is 0 Å². The summed E-state index contributed by atoms with van der Waals surface area (Å²) in [5.41, 5.74) is 1.27. The number of carbonyl (C=O) groups is 2. The predicted molar refractivity (Wildman–Crippen MR) is 127 cm³/mol. The predicted octanol–water partition coefficient (Wildman–Crippen LogP) is 3.86. The number of amides is 1. The Balaban J connectivity index is 2.05. The number of rotatable bonds is 9. The summed E-state index contributed by atoms with van der Waals surface area (Å²) in [6, 6.07) is 13.4. The fourth-order valence-electron chi connectivity index (χ4n) is 3.80. The van der Waals surface area contributed by atoms with Gasteiger partial charge in [-0.3, -0.25) is 9.59 Å². The Morgan fingerprint density at radius 3 is 2.18 bits per heavy atom. The van der Waals surface area contributed by atoms with Gasteiger partial charge in [-0.2, -0.15) is 0 Å². The lowest BCUT2D eigenvalue weighted by molar-refractivity contribution is -0.140. The Morgan fingerprint density at radius 1 is 1.03 bits per heavy atom. The van der Waals surface area contributed by atoms with Gasteiger partial charge in [-0.05, 0) is 76.8 Å². The highest BCUT2D eigenvalue weighted by atomic mass is 16.5. The summed E-state index contributed by atoms with van der Waals surface area (Å²) in [6.45, 7) is 7.24. The van der Waals surface area contributed by atoms with Crippen molar-refractivity contribution in [1.82, 2.24) is 9.80 Å². The topological polar surface area (TPSA) is 79.3 Å². The summed E-state index contributed by atoms with van der Waals surface area (Å²) in [4.78, 5) is 29.5. The molecule has 1 heterocycles. The van der Waals surface area contributed by atoms with Crippen LogP contribution in [0, 0.1) is 0 Å². The average molecular weight is 453 g/mol. The molecule has 0 spiro atoms. The van der Waals surface area contributed by atoms with E-state index in [2.05, 4.69) is 0 Å². The van der Waals surface area contributed by atoms with Gasteiger partial charge in [0.1, 0.15) is 17.3 Å². The third-order valence-corrected chi connectivity index (χ3v) is 5.33. The highest BCUT2D eigenvalue weighted by molar-refractivity contribution is 6.46. The van der Waals surface area contributed by atoms with E-state index in [9.17, 15) is 14.7 Å². The fraction of sp³-hybridized carbons (Fsp3) is 0.385. The normalized spacial score (nSPS) is 17.8. The molecule has 1 aliphatic rings. The maximum absolute atomic E-state index is 13.1. The van der Waals surface area contributed by atoms with Crippen molar-refractivity contribution in [1.29, 1.82) is 0 Å². The van der Waals surface area contributed by atoms with Crippen LogP contribution in [0.4, 0.5) is 0 Å². The highest BCUT2D eigenvalue weighted by Gasteiger charge is 2.45. The van der Waals surface area contributed by atoms with Crippen LogP contribution in [0.1, 0.15) is 37.9 Å². The maximum atomic E-state index is 13.1. The zero-order valence-corrected chi connectivity index (χ0v) is 19.9. The number of hydrogen-bond donors (Lipinski definition) is 1. The van der Waals surface area contributed by atoms with Crippen molar-refractivity contribution in [2.45, 2.75) is 32.9 Å². The summed E-state index contributed by atoms with van der Waals surface area (Å²) >= 11 is 0. The van der Waals surface area contributed by atoms with Crippen molar-refractivity contribution >= 4 is 17.4 Å². The van der Waals surface area contributed by atoms with Gasteiger partial charge >= 0.3 is 0 Å². The summed E-state index contributed by atoms with van der Waals surface area (Å²) < 4.78 is 11.2. The zero-order valence-electron chi connectivity index (χ0n) is 19.9. The van der Waals surface area contributed by atoms with Crippen molar-refractivity contribution in [3.05, 3.63) is 65.2 Å². The number of aliphatic hydroxyl groups is 1. The van der Waals surface area contributed by atoms with Crippen molar-refractivity contribution in [3.8, 4) is 11.5 Å². The molecule has 0 aliphatic carbocycles. The van der Waals surface area contributed by atoms with E-state index in [-0.39, 0.29) is 17.4 Å². The first-order valence-electron chi connectivity index (χ1n) is 11.2. The lowest BCUT2D eigenvalue weighted by atomic mass is 9.95. The third kappa shape index (κ3) is 5.54. The minimum atomic E-state index is -0.688. The first-order chi connectivity index (χ1) is 15.7. The smallest absolute Gasteiger partial charge is 0.295 e. The van der Waals surface area contributed by atoms with Gasteiger partial charge in [0.25, 0.3) is 11.7 Å². The Kier molecular flexibility index (Phi) is 7.76. The van der Waals surface area contributed by atoms with Crippen molar-refractivity contribution in [3.63, 3.8) is 0 Å². The molecule has 176 valence electrons. The Morgan fingerprint density at radius 2 is 1.64 bits per heavy atom. The molecule has 7 nitrogen and oxygen atoms in total. The monoisotopic (exact) mass is 452 g/mol. The van der Waals surface area contributed by atoms with Gasteiger partial charge < -0.3 is 24.4 Å². The number of ether oxygens (including phenoxy) is 2. The van der Waals surface area contributed by atoms with Crippen LogP contribution in [0.15, 0.2) is 54.1 Å². The van der Waals surface area contributed by atoms with E-state index in [1.807, 2.05) is 64.0 Å². The minimum Gasteiger partial charge on any atom is -0.507 e. The molecule has 1 fully saturated rings. The molecule has 0 unspecified atom stereocenters. The molecule has 1 saturated heterocycles. The molecule has 0 radical (unpaired) electrons. The number of benzene rings is 2. The lowest BCUT2D eigenvalue weighted by Crippen LogP contribution is -2.35. The second-order valence-electron chi connectivity index (χ2n) is 8.49. The molecule has 1 N–H and O–H groups in total. The molecule has 7 heteroatoms. The van der Waals surface area contributed by atoms with E-state index < -0.39 is 17.7 Å². The SMILES string of the molecule is CCOc1ccc([C@H]2C(=C(O)c3ccc(OC(C)C)cc3)C(=O)C(=O)N2CCN(C)C)cc1.